The van der Waals surface area contributed by atoms with Crippen molar-refractivity contribution in [2.45, 2.75) is 13.2 Å². The van der Waals surface area contributed by atoms with Gasteiger partial charge in [0.15, 0.2) is 5.76 Å². The zero-order valence-corrected chi connectivity index (χ0v) is 11.3. The molecule has 0 spiro atoms. The van der Waals surface area contributed by atoms with Crippen molar-refractivity contribution in [3.05, 3.63) is 46.0 Å². The van der Waals surface area contributed by atoms with E-state index in [1.807, 2.05) is 7.05 Å². The number of ether oxygens (including phenoxy) is 1. The SMILES string of the molecule is CNCc1cc(COc2cc(F)cc(Br)c2)on1. The first-order chi connectivity index (χ1) is 8.67. The van der Waals surface area contributed by atoms with Crippen LogP contribution in [0.25, 0.3) is 0 Å². The van der Waals surface area contributed by atoms with E-state index in [-0.39, 0.29) is 12.4 Å². The third-order valence-electron chi connectivity index (χ3n) is 2.18. The lowest BCUT2D eigenvalue weighted by atomic mass is 10.3. The maximum Gasteiger partial charge on any atom is 0.174 e. The molecule has 0 bridgehead atoms. The smallest absolute Gasteiger partial charge is 0.174 e. The zero-order chi connectivity index (χ0) is 13.0. The molecule has 1 aromatic heterocycles. The molecule has 1 N–H and O–H groups in total. The molecule has 2 rings (SSSR count). The monoisotopic (exact) mass is 314 g/mol. The second-order valence-electron chi connectivity index (χ2n) is 3.71. The molecule has 0 unspecified atom stereocenters. The van der Waals surface area contributed by atoms with E-state index in [9.17, 15) is 4.39 Å². The predicted molar refractivity (Wildman–Crippen MR) is 67.7 cm³/mol. The van der Waals surface area contributed by atoms with Gasteiger partial charge in [-0.25, -0.2) is 4.39 Å². The Hall–Kier alpha value is -1.40. The van der Waals surface area contributed by atoms with Gasteiger partial charge in [-0.15, -0.1) is 0 Å². The fraction of sp³-hybridized carbons (Fsp3) is 0.250. The van der Waals surface area contributed by atoms with Gasteiger partial charge in [0.2, 0.25) is 0 Å². The largest absolute Gasteiger partial charge is 0.485 e. The summed E-state index contributed by atoms with van der Waals surface area (Å²) in [6.45, 7) is 0.849. The van der Waals surface area contributed by atoms with Crippen LogP contribution in [0.5, 0.6) is 5.75 Å². The molecule has 0 atom stereocenters. The third-order valence-corrected chi connectivity index (χ3v) is 2.64. The summed E-state index contributed by atoms with van der Waals surface area (Å²) in [7, 11) is 1.83. The Kier molecular flexibility index (Phi) is 4.33. The Balaban J connectivity index is 1.97. The van der Waals surface area contributed by atoms with Gasteiger partial charge in [-0.1, -0.05) is 21.1 Å². The summed E-state index contributed by atoms with van der Waals surface area (Å²) < 4.78 is 24.2. The quantitative estimate of drug-likeness (QED) is 0.922. The number of nitrogens with zero attached hydrogens (tertiary/aromatic N) is 1. The number of halogens is 2. The molecule has 0 saturated carbocycles. The van der Waals surface area contributed by atoms with E-state index in [2.05, 4.69) is 26.4 Å². The van der Waals surface area contributed by atoms with Crippen LogP contribution in [-0.2, 0) is 13.2 Å². The fourth-order valence-electron chi connectivity index (χ4n) is 1.45. The van der Waals surface area contributed by atoms with Crippen LogP contribution in [0.3, 0.4) is 0 Å². The first-order valence-electron chi connectivity index (χ1n) is 5.35. The van der Waals surface area contributed by atoms with Gasteiger partial charge in [0.05, 0.1) is 5.69 Å². The highest BCUT2D eigenvalue weighted by Crippen LogP contribution is 2.21. The maximum atomic E-state index is 13.1. The van der Waals surface area contributed by atoms with Crippen LogP contribution in [0.4, 0.5) is 4.39 Å². The number of hydrogen-bond acceptors (Lipinski definition) is 4. The molecule has 1 aromatic carbocycles. The summed E-state index contributed by atoms with van der Waals surface area (Å²) >= 11 is 3.20. The number of aromatic nitrogens is 1. The third kappa shape index (κ3) is 3.54. The van der Waals surface area contributed by atoms with E-state index in [0.717, 1.165) is 5.69 Å². The van der Waals surface area contributed by atoms with Crippen molar-refractivity contribution in [2.24, 2.45) is 0 Å². The van der Waals surface area contributed by atoms with Gasteiger partial charge in [-0.2, -0.15) is 0 Å². The van der Waals surface area contributed by atoms with Crippen LogP contribution in [0.15, 0.2) is 33.3 Å². The van der Waals surface area contributed by atoms with E-state index in [1.165, 1.54) is 12.1 Å². The molecule has 6 heteroatoms. The molecule has 18 heavy (non-hydrogen) atoms. The van der Waals surface area contributed by atoms with Gasteiger partial charge in [0, 0.05) is 23.2 Å². The molecule has 0 aliphatic rings. The zero-order valence-electron chi connectivity index (χ0n) is 9.74. The predicted octanol–water partition coefficient (Wildman–Crippen LogP) is 2.87. The lowest BCUT2D eigenvalue weighted by Crippen LogP contribution is -2.04. The number of rotatable bonds is 5. The molecule has 0 aliphatic carbocycles. The Labute approximate surface area is 112 Å². The first kappa shape index (κ1) is 13.0. The highest BCUT2D eigenvalue weighted by atomic mass is 79.9. The topological polar surface area (TPSA) is 47.3 Å². The Morgan fingerprint density at radius 3 is 2.94 bits per heavy atom. The van der Waals surface area contributed by atoms with Crippen molar-refractivity contribution in [3.8, 4) is 5.75 Å². The average Bonchev–Trinajstić information content (AvgIpc) is 2.74. The summed E-state index contributed by atoms with van der Waals surface area (Å²) in [5.74, 6) is 0.682. The molecule has 96 valence electrons. The van der Waals surface area contributed by atoms with Crippen LogP contribution in [0.1, 0.15) is 11.5 Å². The van der Waals surface area contributed by atoms with Gasteiger partial charge in [-0.05, 0) is 19.2 Å². The Bertz CT molecular complexity index is 510. The molecular weight excluding hydrogens is 303 g/mol. The van der Waals surface area contributed by atoms with E-state index in [4.69, 9.17) is 9.26 Å². The molecule has 4 nitrogen and oxygen atoms in total. The Morgan fingerprint density at radius 2 is 2.22 bits per heavy atom. The second-order valence-corrected chi connectivity index (χ2v) is 4.62. The van der Waals surface area contributed by atoms with Crippen molar-refractivity contribution in [3.63, 3.8) is 0 Å². The van der Waals surface area contributed by atoms with Crippen LogP contribution in [0, 0.1) is 5.82 Å². The number of hydrogen-bond donors (Lipinski definition) is 1. The molecule has 0 aliphatic heterocycles. The molecule has 0 amide bonds. The Morgan fingerprint density at radius 1 is 1.39 bits per heavy atom. The van der Waals surface area contributed by atoms with Crippen molar-refractivity contribution < 1.29 is 13.7 Å². The fourth-order valence-corrected chi connectivity index (χ4v) is 1.90. The van der Waals surface area contributed by atoms with Crippen LogP contribution >= 0.6 is 15.9 Å². The standard InChI is InChI=1S/C12H12BrFN2O2/c1-15-6-10-5-12(18-16-10)7-17-11-3-8(13)2-9(14)4-11/h2-5,15H,6-7H2,1H3. The summed E-state index contributed by atoms with van der Waals surface area (Å²) in [5.41, 5.74) is 0.802. The molecular formula is C12H12BrFN2O2. The van der Waals surface area contributed by atoms with Crippen molar-refractivity contribution >= 4 is 15.9 Å². The van der Waals surface area contributed by atoms with Gasteiger partial charge in [0.1, 0.15) is 18.2 Å². The minimum absolute atomic E-state index is 0.215. The molecule has 0 fully saturated rings. The minimum atomic E-state index is -0.354. The first-order valence-corrected chi connectivity index (χ1v) is 6.14. The van der Waals surface area contributed by atoms with Crippen molar-refractivity contribution in [1.82, 2.24) is 10.5 Å². The summed E-state index contributed by atoms with van der Waals surface area (Å²) in [4.78, 5) is 0. The summed E-state index contributed by atoms with van der Waals surface area (Å²) in [6.07, 6.45) is 0. The normalized spacial score (nSPS) is 10.6. The molecule has 0 saturated heterocycles. The van der Waals surface area contributed by atoms with Gasteiger partial charge >= 0.3 is 0 Å². The second kappa shape index (κ2) is 5.97. The lowest BCUT2D eigenvalue weighted by Gasteiger charge is -2.04. The summed E-state index contributed by atoms with van der Waals surface area (Å²) in [6, 6.07) is 6.17. The van der Waals surface area contributed by atoms with Crippen molar-refractivity contribution in [1.29, 1.82) is 0 Å². The van der Waals surface area contributed by atoms with Crippen LogP contribution in [0.2, 0.25) is 0 Å². The maximum absolute atomic E-state index is 13.1. The van der Waals surface area contributed by atoms with Gasteiger partial charge in [0.25, 0.3) is 0 Å². The van der Waals surface area contributed by atoms with Crippen LogP contribution in [-0.4, -0.2) is 12.2 Å². The summed E-state index contributed by atoms with van der Waals surface area (Å²) in [5, 5.41) is 6.82. The van der Waals surface area contributed by atoms with E-state index in [1.54, 1.807) is 12.1 Å². The minimum Gasteiger partial charge on any atom is -0.485 e. The highest BCUT2D eigenvalue weighted by Gasteiger charge is 2.05. The average molecular weight is 315 g/mol. The van der Waals surface area contributed by atoms with E-state index < -0.39 is 0 Å². The van der Waals surface area contributed by atoms with Crippen LogP contribution < -0.4 is 10.1 Å². The van der Waals surface area contributed by atoms with E-state index in [0.29, 0.717) is 22.5 Å². The lowest BCUT2D eigenvalue weighted by molar-refractivity contribution is 0.247. The van der Waals surface area contributed by atoms with Crippen molar-refractivity contribution in [2.75, 3.05) is 7.05 Å². The molecule has 1 heterocycles. The molecule has 0 radical (unpaired) electrons. The van der Waals surface area contributed by atoms with Gasteiger partial charge < -0.3 is 14.6 Å². The van der Waals surface area contributed by atoms with E-state index >= 15 is 0 Å². The highest BCUT2D eigenvalue weighted by molar-refractivity contribution is 9.10. The number of benzene rings is 1. The number of nitrogens with one attached hydrogen (secondary N) is 1. The molecule has 2 aromatic rings. The van der Waals surface area contributed by atoms with Gasteiger partial charge in [-0.3, -0.25) is 0 Å².